The zero-order valence-corrected chi connectivity index (χ0v) is 14.6. The average Bonchev–Trinajstić information content (AvgIpc) is 3.29. The van der Waals surface area contributed by atoms with Gasteiger partial charge in [0.2, 0.25) is 0 Å². The van der Waals surface area contributed by atoms with E-state index in [1.165, 1.54) is 36.6 Å². The predicted octanol–water partition coefficient (Wildman–Crippen LogP) is 3.14. The van der Waals surface area contributed by atoms with E-state index in [-0.39, 0.29) is 35.6 Å². The van der Waals surface area contributed by atoms with Crippen LogP contribution in [0.15, 0.2) is 65.3 Å². The summed E-state index contributed by atoms with van der Waals surface area (Å²) >= 11 is 0. The van der Waals surface area contributed by atoms with E-state index in [2.05, 4.69) is 5.32 Å². The lowest BCUT2D eigenvalue weighted by Crippen LogP contribution is -2.28. The van der Waals surface area contributed by atoms with Crippen molar-refractivity contribution in [1.82, 2.24) is 10.2 Å². The third-order valence-electron chi connectivity index (χ3n) is 4.47. The standard InChI is InChI=1S/C21H15FN2O4/c22-15-4-1-3-13(9-15)11-23-19(25)14-6-7-17-18(10-14)21(27)24(20(17)26)12-16-5-2-8-28-16/h1-10H,11-12H2,(H,23,25). The molecule has 3 amide bonds. The highest BCUT2D eigenvalue weighted by Crippen LogP contribution is 2.25. The fourth-order valence-corrected chi connectivity index (χ4v) is 3.07. The summed E-state index contributed by atoms with van der Waals surface area (Å²) in [7, 11) is 0. The van der Waals surface area contributed by atoms with Gasteiger partial charge >= 0.3 is 0 Å². The molecule has 2 aromatic carbocycles. The van der Waals surface area contributed by atoms with Crippen molar-refractivity contribution in [3.8, 4) is 0 Å². The number of rotatable bonds is 5. The molecule has 1 aliphatic rings. The largest absolute Gasteiger partial charge is 0.467 e. The Kier molecular flexibility index (Phi) is 4.49. The van der Waals surface area contributed by atoms with Crippen molar-refractivity contribution in [2.24, 2.45) is 0 Å². The summed E-state index contributed by atoms with van der Waals surface area (Å²) < 4.78 is 18.4. The first-order chi connectivity index (χ1) is 13.5. The summed E-state index contributed by atoms with van der Waals surface area (Å²) in [5.74, 6) is -1.22. The molecular weight excluding hydrogens is 363 g/mol. The van der Waals surface area contributed by atoms with Gasteiger partial charge in [-0.15, -0.1) is 0 Å². The summed E-state index contributed by atoms with van der Waals surface area (Å²) in [6.45, 7) is 0.172. The average molecular weight is 378 g/mol. The topological polar surface area (TPSA) is 79.6 Å². The second-order valence-electron chi connectivity index (χ2n) is 6.35. The lowest BCUT2D eigenvalue weighted by atomic mass is 10.1. The fraction of sp³-hybridized carbons (Fsp3) is 0.0952. The predicted molar refractivity (Wildman–Crippen MR) is 96.9 cm³/mol. The first-order valence-electron chi connectivity index (χ1n) is 8.58. The van der Waals surface area contributed by atoms with E-state index in [9.17, 15) is 18.8 Å². The van der Waals surface area contributed by atoms with E-state index in [1.807, 2.05) is 0 Å². The molecule has 1 aliphatic heterocycles. The Balaban J connectivity index is 1.50. The van der Waals surface area contributed by atoms with Crippen LogP contribution in [0.1, 0.15) is 42.4 Å². The van der Waals surface area contributed by atoms with Gasteiger partial charge < -0.3 is 9.73 Å². The Labute approximate surface area is 159 Å². The number of halogens is 1. The van der Waals surface area contributed by atoms with Gasteiger partial charge in [0.25, 0.3) is 17.7 Å². The number of nitrogens with one attached hydrogen (secondary N) is 1. The number of nitrogens with zero attached hydrogens (tertiary/aromatic N) is 1. The maximum atomic E-state index is 13.2. The Morgan fingerprint density at radius 2 is 1.82 bits per heavy atom. The smallest absolute Gasteiger partial charge is 0.261 e. The van der Waals surface area contributed by atoms with Crippen LogP contribution in [0.4, 0.5) is 4.39 Å². The van der Waals surface area contributed by atoms with Crippen LogP contribution < -0.4 is 5.32 Å². The number of carbonyl (C=O) groups excluding carboxylic acids is 3. The van der Waals surface area contributed by atoms with Gasteiger partial charge in [-0.3, -0.25) is 19.3 Å². The van der Waals surface area contributed by atoms with E-state index in [4.69, 9.17) is 4.42 Å². The van der Waals surface area contributed by atoms with E-state index >= 15 is 0 Å². The van der Waals surface area contributed by atoms with Crippen LogP contribution in [-0.2, 0) is 13.1 Å². The maximum Gasteiger partial charge on any atom is 0.261 e. The Hall–Kier alpha value is -3.74. The van der Waals surface area contributed by atoms with E-state index < -0.39 is 17.7 Å². The van der Waals surface area contributed by atoms with Crippen LogP contribution in [0.25, 0.3) is 0 Å². The number of benzene rings is 2. The third kappa shape index (κ3) is 3.29. The third-order valence-corrected chi connectivity index (χ3v) is 4.47. The van der Waals surface area contributed by atoms with Crippen molar-refractivity contribution < 1.29 is 23.2 Å². The highest BCUT2D eigenvalue weighted by Gasteiger charge is 2.36. The lowest BCUT2D eigenvalue weighted by Gasteiger charge is -2.11. The minimum atomic E-state index is -0.476. The van der Waals surface area contributed by atoms with Crippen molar-refractivity contribution in [2.45, 2.75) is 13.1 Å². The van der Waals surface area contributed by atoms with Gasteiger partial charge in [0, 0.05) is 12.1 Å². The van der Waals surface area contributed by atoms with E-state index in [1.54, 1.807) is 24.3 Å². The lowest BCUT2D eigenvalue weighted by molar-refractivity contribution is 0.0631. The first-order valence-corrected chi connectivity index (χ1v) is 8.58. The van der Waals surface area contributed by atoms with Crippen LogP contribution in [-0.4, -0.2) is 22.6 Å². The Bertz CT molecular complexity index is 1080. The van der Waals surface area contributed by atoms with Crippen molar-refractivity contribution in [3.63, 3.8) is 0 Å². The SMILES string of the molecule is O=C(NCc1cccc(F)c1)c1ccc2c(c1)C(=O)N(Cc1ccco1)C2=O. The monoisotopic (exact) mass is 378 g/mol. The van der Waals surface area contributed by atoms with E-state index in [0.717, 1.165) is 4.90 Å². The van der Waals surface area contributed by atoms with Crippen molar-refractivity contribution in [1.29, 1.82) is 0 Å². The van der Waals surface area contributed by atoms with Gasteiger partial charge in [0.1, 0.15) is 11.6 Å². The molecular formula is C21H15FN2O4. The second kappa shape index (κ2) is 7.11. The Morgan fingerprint density at radius 1 is 1.00 bits per heavy atom. The van der Waals surface area contributed by atoms with Gasteiger partial charge in [0.05, 0.1) is 23.9 Å². The zero-order chi connectivity index (χ0) is 19.7. The summed E-state index contributed by atoms with van der Waals surface area (Å²) in [6.07, 6.45) is 1.47. The summed E-state index contributed by atoms with van der Waals surface area (Å²) in [5.41, 5.74) is 1.29. The highest BCUT2D eigenvalue weighted by molar-refractivity contribution is 6.22. The molecule has 0 bridgehead atoms. The molecule has 0 saturated carbocycles. The molecule has 0 unspecified atom stereocenters. The molecule has 140 valence electrons. The van der Waals surface area contributed by atoms with Crippen LogP contribution >= 0.6 is 0 Å². The van der Waals surface area contributed by atoms with Gasteiger partial charge in [-0.05, 0) is 48.0 Å². The number of carbonyl (C=O) groups is 3. The minimum absolute atomic E-state index is 0.0282. The summed E-state index contributed by atoms with van der Waals surface area (Å²) in [5, 5.41) is 2.68. The molecule has 28 heavy (non-hydrogen) atoms. The number of hydrogen-bond acceptors (Lipinski definition) is 4. The molecule has 1 N–H and O–H groups in total. The number of furan rings is 1. The molecule has 0 spiro atoms. The Morgan fingerprint density at radius 3 is 2.57 bits per heavy atom. The summed E-state index contributed by atoms with van der Waals surface area (Å²) in [6, 6.07) is 13.6. The van der Waals surface area contributed by atoms with Crippen LogP contribution in [0.2, 0.25) is 0 Å². The van der Waals surface area contributed by atoms with Gasteiger partial charge in [-0.1, -0.05) is 12.1 Å². The molecule has 2 heterocycles. The van der Waals surface area contributed by atoms with Crippen molar-refractivity contribution in [2.75, 3.05) is 0 Å². The van der Waals surface area contributed by atoms with Crippen LogP contribution in [0, 0.1) is 5.82 Å². The minimum Gasteiger partial charge on any atom is -0.467 e. The normalized spacial score (nSPS) is 13.0. The van der Waals surface area contributed by atoms with E-state index in [0.29, 0.717) is 11.3 Å². The highest BCUT2D eigenvalue weighted by atomic mass is 19.1. The molecule has 6 nitrogen and oxygen atoms in total. The molecule has 0 fully saturated rings. The molecule has 0 saturated heterocycles. The van der Waals surface area contributed by atoms with Crippen molar-refractivity contribution >= 4 is 17.7 Å². The number of hydrogen-bond donors (Lipinski definition) is 1. The first kappa shape index (κ1) is 17.7. The van der Waals surface area contributed by atoms with Crippen LogP contribution in [0.3, 0.4) is 0 Å². The van der Waals surface area contributed by atoms with Crippen molar-refractivity contribution in [3.05, 3.63) is 94.7 Å². The number of imide groups is 1. The second-order valence-corrected chi connectivity index (χ2v) is 6.35. The summed E-state index contributed by atoms with van der Waals surface area (Å²) in [4.78, 5) is 38.6. The molecule has 7 heteroatoms. The number of amides is 3. The quantitative estimate of drug-likeness (QED) is 0.692. The fourth-order valence-electron chi connectivity index (χ4n) is 3.07. The molecule has 1 aromatic heterocycles. The van der Waals surface area contributed by atoms with Gasteiger partial charge in [-0.25, -0.2) is 4.39 Å². The molecule has 4 rings (SSSR count). The molecule has 3 aromatic rings. The maximum absolute atomic E-state index is 13.2. The molecule has 0 radical (unpaired) electrons. The number of fused-ring (bicyclic) bond motifs is 1. The molecule has 0 aliphatic carbocycles. The molecule has 0 atom stereocenters. The van der Waals surface area contributed by atoms with Gasteiger partial charge in [0.15, 0.2) is 0 Å². The zero-order valence-electron chi connectivity index (χ0n) is 14.6. The van der Waals surface area contributed by atoms with Crippen LogP contribution in [0.5, 0.6) is 0 Å². The van der Waals surface area contributed by atoms with Gasteiger partial charge in [-0.2, -0.15) is 0 Å².